The summed E-state index contributed by atoms with van der Waals surface area (Å²) in [7, 11) is 0. The zero-order chi connectivity index (χ0) is 34.8. The van der Waals surface area contributed by atoms with Crippen LogP contribution in [-0.2, 0) is 19.0 Å². The van der Waals surface area contributed by atoms with Gasteiger partial charge in [0.05, 0.1) is 19.4 Å². The van der Waals surface area contributed by atoms with E-state index in [1.807, 2.05) is 0 Å². The number of carbonyl (C=O) groups is 3. The van der Waals surface area contributed by atoms with E-state index in [1.54, 1.807) is 4.98 Å². The first-order valence-electron chi connectivity index (χ1n) is 14.8. The number of nitrogens with zero attached hydrogens (tertiary/aromatic N) is 1. The van der Waals surface area contributed by atoms with E-state index in [-0.39, 0.29) is 13.1 Å². The van der Waals surface area contributed by atoms with Gasteiger partial charge in [-0.3, -0.25) is 14.6 Å². The number of hydrogen-bond acceptors (Lipinski definition) is 14. The fraction of sp³-hybridized carbons (Fsp3) is 0.731. The summed E-state index contributed by atoms with van der Waals surface area (Å²) in [6.07, 6.45) is -10.00. The third-order valence-corrected chi connectivity index (χ3v) is 7.49. The van der Waals surface area contributed by atoms with E-state index in [2.05, 4.69) is 21.3 Å². The van der Waals surface area contributed by atoms with Crippen molar-refractivity contribution in [2.45, 2.75) is 93.9 Å². The van der Waals surface area contributed by atoms with Crippen LogP contribution in [0.2, 0.25) is 0 Å². The molecule has 2 fully saturated rings. The van der Waals surface area contributed by atoms with Gasteiger partial charge in [-0.1, -0.05) is 12.8 Å². The van der Waals surface area contributed by atoms with Gasteiger partial charge in [-0.15, -0.1) is 0 Å². The van der Waals surface area contributed by atoms with Crippen molar-refractivity contribution in [2.24, 2.45) is 0 Å². The number of hydrogen-bond donors (Lipinski definition) is 11. The molecule has 47 heavy (non-hydrogen) atoms. The van der Waals surface area contributed by atoms with Gasteiger partial charge in [0.1, 0.15) is 48.7 Å². The van der Waals surface area contributed by atoms with Crippen LogP contribution in [0.5, 0.6) is 0 Å². The number of H-pyrrole nitrogens is 1. The van der Waals surface area contributed by atoms with E-state index in [1.165, 1.54) is 0 Å². The van der Waals surface area contributed by atoms with Crippen molar-refractivity contribution in [3.8, 4) is 0 Å². The molecule has 1 aromatic rings. The first kappa shape index (κ1) is 37.9. The largest absolute Gasteiger partial charge is 0.394 e. The number of amides is 4. The van der Waals surface area contributed by atoms with Crippen molar-refractivity contribution >= 4 is 18.0 Å². The molecule has 10 atom stereocenters. The van der Waals surface area contributed by atoms with Crippen LogP contribution < -0.4 is 32.5 Å². The summed E-state index contributed by atoms with van der Waals surface area (Å²) in [5.74, 6) is -1.91. The Hall–Kier alpha value is -3.54. The predicted octanol–water partition coefficient (Wildman–Crippen LogP) is -5.14. The van der Waals surface area contributed by atoms with Gasteiger partial charge < -0.3 is 66.1 Å². The van der Waals surface area contributed by atoms with Crippen molar-refractivity contribution in [1.29, 1.82) is 0 Å². The van der Waals surface area contributed by atoms with Crippen LogP contribution in [0.15, 0.2) is 15.8 Å². The monoisotopic (exact) mass is 680 g/mol. The maximum atomic E-state index is 13.3. The van der Waals surface area contributed by atoms with E-state index in [9.17, 15) is 59.0 Å². The molecule has 0 unspecified atom stereocenters. The lowest BCUT2D eigenvalue weighted by Crippen LogP contribution is -2.69. The van der Waals surface area contributed by atoms with Crippen molar-refractivity contribution in [3.63, 3.8) is 0 Å². The molecule has 0 spiro atoms. The first-order valence-corrected chi connectivity index (χ1v) is 14.8. The highest BCUT2D eigenvalue weighted by atomic mass is 19.1. The Bertz CT molecular complexity index is 1330. The quantitative estimate of drug-likeness (QED) is 0.0869. The Labute approximate surface area is 265 Å². The Kier molecular flexibility index (Phi) is 14.2. The van der Waals surface area contributed by atoms with Crippen LogP contribution in [0.4, 0.5) is 14.0 Å². The molecular weight excluding hydrogens is 639 g/mol. The summed E-state index contributed by atoms with van der Waals surface area (Å²) in [6, 6.07) is -4.59. The highest BCUT2D eigenvalue weighted by Gasteiger charge is 2.51. The number of aliphatic hydroxyl groups excluding tert-OH is 6. The second-order valence-electron chi connectivity index (χ2n) is 11.0. The minimum Gasteiger partial charge on any atom is -0.394 e. The Morgan fingerprint density at radius 3 is 2.15 bits per heavy atom. The lowest BCUT2D eigenvalue weighted by atomic mass is 9.94. The highest BCUT2D eigenvalue weighted by molar-refractivity contribution is 5.76. The number of aromatic amines is 1. The number of halogens is 1. The molecule has 0 radical (unpaired) electrons. The Morgan fingerprint density at radius 1 is 0.894 bits per heavy atom. The fourth-order valence-electron chi connectivity index (χ4n) is 5.03. The highest BCUT2D eigenvalue weighted by Crippen LogP contribution is 2.28. The molecule has 21 heteroatoms. The van der Waals surface area contributed by atoms with Gasteiger partial charge in [-0.25, -0.2) is 19.0 Å². The molecule has 4 amide bonds. The van der Waals surface area contributed by atoms with E-state index in [4.69, 9.17) is 14.2 Å². The molecular formula is C26H41FN6O14. The van der Waals surface area contributed by atoms with E-state index in [0.29, 0.717) is 36.4 Å². The van der Waals surface area contributed by atoms with Crippen LogP contribution in [0, 0.1) is 5.82 Å². The van der Waals surface area contributed by atoms with Gasteiger partial charge in [0, 0.05) is 20.0 Å². The molecule has 0 bridgehead atoms. The number of unbranched alkanes of at least 4 members (excludes halogenated alkanes) is 3. The maximum absolute atomic E-state index is 13.3. The number of rotatable bonds is 13. The van der Waals surface area contributed by atoms with Crippen LogP contribution in [0.1, 0.15) is 32.6 Å². The lowest BCUT2D eigenvalue weighted by molar-refractivity contribution is -0.327. The molecule has 0 aliphatic carbocycles. The summed E-state index contributed by atoms with van der Waals surface area (Å²) in [5.41, 5.74) is -2.33. The number of aliphatic hydroxyl groups is 6. The van der Waals surface area contributed by atoms with Crippen molar-refractivity contribution in [1.82, 2.24) is 30.8 Å². The Balaban J connectivity index is 1.49. The van der Waals surface area contributed by atoms with Gasteiger partial charge >= 0.3 is 17.8 Å². The van der Waals surface area contributed by atoms with Crippen molar-refractivity contribution < 1.29 is 63.6 Å². The topological polar surface area (TPSA) is 303 Å². The van der Waals surface area contributed by atoms with E-state index in [0.717, 1.165) is 6.92 Å². The molecule has 0 aromatic carbocycles. The number of aromatic nitrogens is 2. The number of carbonyl (C=O) groups excluding carboxylic acids is 3. The number of ether oxygens (including phenoxy) is 3. The zero-order valence-electron chi connectivity index (χ0n) is 25.3. The SMILES string of the molecule is CC(=O)N[C@H]1[C@H](O)[C@H](O[C@H]2O[C@@H](CO)[C@@H](O)[C@@H](O)[C@H]2NC(=O)NCCCCCCNC(=O)n2cc(F)c(=O)[nH]c2=O)[C@H](CO)O[C@@H]1O. The molecule has 1 aromatic heterocycles. The number of urea groups is 1. The van der Waals surface area contributed by atoms with Crippen LogP contribution in [-0.4, -0.2) is 146 Å². The zero-order valence-corrected chi connectivity index (χ0v) is 25.3. The number of nitrogens with one attached hydrogen (secondary N) is 5. The summed E-state index contributed by atoms with van der Waals surface area (Å²) in [5, 5.41) is 71.2. The molecule has 266 valence electrons. The van der Waals surface area contributed by atoms with Crippen LogP contribution in [0.25, 0.3) is 0 Å². The van der Waals surface area contributed by atoms with Crippen LogP contribution >= 0.6 is 0 Å². The van der Waals surface area contributed by atoms with Crippen molar-refractivity contribution in [2.75, 3.05) is 26.3 Å². The molecule has 20 nitrogen and oxygen atoms in total. The van der Waals surface area contributed by atoms with Gasteiger partial charge in [0.15, 0.2) is 12.6 Å². The normalized spacial score (nSPS) is 30.7. The molecule has 2 aliphatic rings. The van der Waals surface area contributed by atoms with Crippen molar-refractivity contribution in [3.05, 3.63) is 32.9 Å². The maximum Gasteiger partial charge on any atom is 0.336 e. The summed E-state index contributed by atoms with van der Waals surface area (Å²) < 4.78 is 30.4. The van der Waals surface area contributed by atoms with Gasteiger partial charge in [-0.2, -0.15) is 4.39 Å². The summed E-state index contributed by atoms with van der Waals surface area (Å²) in [4.78, 5) is 60.6. The molecule has 2 saturated heterocycles. The third-order valence-electron chi connectivity index (χ3n) is 7.49. The molecule has 3 heterocycles. The van der Waals surface area contributed by atoms with Crippen LogP contribution in [0.3, 0.4) is 0 Å². The minimum atomic E-state index is -1.73. The predicted molar refractivity (Wildman–Crippen MR) is 153 cm³/mol. The van der Waals surface area contributed by atoms with Gasteiger partial charge in [-0.05, 0) is 12.8 Å². The second-order valence-corrected chi connectivity index (χ2v) is 11.0. The third kappa shape index (κ3) is 9.98. The average Bonchev–Trinajstić information content (AvgIpc) is 3.02. The van der Waals surface area contributed by atoms with E-state index < -0.39 is 110 Å². The summed E-state index contributed by atoms with van der Waals surface area (Å²) in [6.45, 7) is -0.0928. The van der Waals surface area contributed by atoms with Gasteiger partial charge in [0.25, 0.3) is 5.56 Å². The first-order chi connectivity index (χ1) is 22.3. The second kappa shape index (κ2) is 17.6. The average molecular weight is 681 g/mol. The molecule has 2 aliphatic heterocycles. The molecule has 0 saturated carbocycles. The Morgan fingerprint density at radius 2 is 1.53 bits per heavy atom. The molecule has 3 rings (SSSR count). The molecule has 11 N–H and O–H groups in total. The lowest BCUT2D eigenvalue weighted by Gasteiger charge is -2.47. The fourth-order valence-corrected chi connectivity index (χ4v) is 5.03. The van der Waals surface area contributed by atoms with Gasteiger partial charge in [0.2, 0.25) is 11.7 Å². The standard InChI is InChI=1S/C26H41FN6O14/c1-11(36)30-15-19(39)20(14(10-35)45-22(15)41)47-23-16(18(38)17(37)13(9-34)46-23)31-24(42)28-6-4-2-3-5-7-29-25(43)33-8-12(27)21(40)32-26(33)44/h8,13-20,22-23,34-35,37-39,41H,2-7,9-10H2,1H3,(H,29,43)(H,30,36)(H2,28,31,42)(H,32,40,44)/t13-,14-,15-,16+,17+,18-,19-,20+,22-,23+/m0/s1. The van der Waals surface area contributed by atoms with E-state index >= 15 is 0 Å². The minimum absolute atomic E-state index is 0.139. The summed E-state index contributed by atoms with van der Waals surface area (Å²) >= 11 is 0. The smallest absolute Gasteiger partial charge is 0.336 e.